The second kappa shape index (κ2) is 5.58. The van der Waals surface area contributed by atoms with Crippen LogP contribution >= 0.6 is 0 Å². The van der Waals surface area contributed by atoms with Crippen LogP contribution in [0.5, 0.6) is 0 Å². The Kier molecular flexibility index (Phi) is 4.16. The van der Waals surface area contributed by atoms with Crippen LogP contribution in [0.1, 0.15) is 38.2 Å². The number of rotatable bonds is 3. The van der Waals surface area contributed by atoms with Gasteiger partial charge in [0.05, 0.1) is 5.56 Å². The Labute approximate surface area is 121 Å². The number of benzene rings is 1. The van der Waals surface area contributed by atoms with Gasteiger partial charge in [0.2, 0.25) is 0 Å². The van der Waals surface area contributed by atoms with Gasteiger partial charge in [0.15, 0.2) is 0 Å². The van der Waals surface area contributed by atoms with Crippen LogP contribution in [0, 0.1) is 5.92 Å². The van der Waals surface area contributed by atoms with Gasteiger partial charge in [-0.15, -0.1) is 0 Å². The minimum absolute atomic E-state index is 0.165. The first kappa shape index (κ1) is 15.7. The van der Waals surface area contributed by atoms with Crippen molar-refractivity contribution in [2.45, 2.75) is 44.3 Å². The summed E-state index contributed by atoms with van der Waals surface area (Å²) in [6, 6.07) is 5.01. The Balaban J connectivity index is 2.33. The first-order valence-electron chi connectivity index (χ1n) is 6.92. The molecule has 0 aromatic heterocycles. The minimum atomic E-state index is -4.51. The van der Waals surface area contributed by atoms with Crippen LogP contribution in [0.4, 0.5) is 18.9 Å². The summed E-state index contributed by atoms with van der Waals surface area (Å²) in [7, 11) is 0. The fraction of sp³-hybridized carbons (Fsp3) is 0.533. The summed E-state index contributed by atoms with van der Waals surface area (Å²) in [6.45, 7) is 2.02. The molecule has 0 unspecified atom stereocenters. The zero-order valence-electron chi connectivity index (χ0n) is 11.7. The fourth-order valence-corrected chi connectivity index (χ4v) is 2.74. The predicted octanol–water partition coefficient (Wildman–Crippen LogP) is 4.15. The summed E-state index contributed by atoms with van der Waals surface area (Å²) in [5.41, 5.74) is -2.31. The first-order valence-corrected chi connectivity index (χ1v) is 6.92. The van der Waals surface area contributed by atoms with E-state index in [1.807, 2.05) is 6.92 Å². The van der Waals surface area contributed by atoms with E-state index in [1.54, 1.807) is 0 Å². The summed E-state index contributed by atoms with van der Waals surface area (Å²) < 4.78 is 39.0. The molecule has 2 N–H and O–H groups in total. The van der Waals surface area contributed by atoms with Crippen molar-refractivity contribution in [3.8, 4) is 0 Å². The molecule has 0 saturated heterocycles. The maximum atomic E-state index is 13.0. The smallest absolute Gasteiger partial charge is 0.418 e. The number of carbonyl (C=O) groups is 1. The number of carboxylic acid groups (broad SMARTS) is 1. The highest BCUT2D eigenvalue weighted by Gasteiger charge is 2.43. The lowest BCUT2D eigenvalue weighted by Gasteiger charge is -2.37. The second-order valence-corrected chi connectivity index (χ2v) is 5.74. The van der Waals surface area contributed by atoms with Crippen LogP contribution < -0.4 is 5.32 Å². The number of carboxylic acids is 1. The van der Waals surface area contributed by atoms with Gasteiger partial charge in [0, 0.05) is 5.69 Å². The van der Waals surface area contributed by atoms with E-state index in [9.17, 15) is 23.1 Å². The van der Waals surface area contributed by atoms with Crippen LogP contribution in [0.25, 0.3) is 0 Å². The molecule has 0 spiro atoms. The van der Waals surface area contributed by atoms with Gasteiger partial charge in [-0.1, -0.05) is 19.1 Å². The largest absolute Gasteiger partial charge is 0.480 e. The van der Waals surface area contributed by atoms with Crippen molar-refractivity contribution in [2.75, 3.05) is 5.32 Å². The fourth-order valence-electron chi connectivity index (χ4n) is 2.74. The van der Waals surface area contributed by atoms with Crippen LogP contribution in [0.3, 0.4) is 0 Å². The highest BCUT2D eigenvalue weighted by atomic mass is 19.4. The molecule has 21 heavy (non-hydrogen) atoms. The zero-order valence-corrected chi connectivity index (χ0v) is 11.7. The van der Waals surface area contributed by atoms with Crippen LogP contribution in [-0.4, -0.2) is 16.6 Å². The molecule has 1 fully saturated rings. The van der Waals surface area contributed by atoms with Crippen molar-refractivity contribution in [3.05, 3.63) is 29.8 Å². The predicted molar refractivity (Wildman–Crippen MR) is 73.1 cm³/mol. The lowest BCUT2D eigenvalue weighted by atomic mass is 9.77. The number of hydrogen-bond donors (Lipinski definition) is 2. The molecule has 0 atom stereocenters. The van der Waals surface area contributed by atoms with E-state index in [0.29, 0.717) is 31.6 Å². The number of nitrogens with one attached hydrogen (secondary N) is 1. The molecule has 1 saturated carbocycles. The van der Waals surface area contributed by atoms with Gasteiger partial charge in [0.1, 0.15) is 5.54 Å². The quantitative estimate of drug-likeness (QED) is 0.881. The number of aliphatic carboxylic acids is 1. The monoisotopic (exact) mass is 301 g/mol. The molecule has 6 heteroatoms. The van der Waals surface area contributed by atoms with E-state index in [0.717, 1.165) is 6.07 Å². The third kappa shape index (κ3) is 3.31. The Bertz CT molecular complexity index is 520. The van der Waals surface area contributed by atoms with Crippen LogP contribution in [0.15, 0.2) is 24.3 Å². The highest BCUT2D eigenvalue weighted by Crippen LogP contribution is 2.39. The Morgan fingerprint density at radius 2 is 1.86 bits per heavy atom. The third-order valence-electron chi connectivity index (χ3n) is 4.14. The van der Waals surface area contributed by atoms with Gasteiger partial charge in [-0.05, 0) is 43.7 Å². The van der Waals surface area contributed by atoms with Gasteiger partial charge in [-0.2, -0.15) is 13.2 Å². The molecule has 1 aliphatic carbocycles. The lowest BCUT2D eigenvalue weighted by Crippen LogP contribution is -2.49. The molecule has 0 heterocycles. The molecule has 3 nitrogen and oxygen atoms in total. The van der Waals surface area contributed by atoms with Crippen molar-refractivity contribution in [1.29, 1.82) is 0 Å². The Hall–Kier alpha value is -1.72. The highest BCUT2D eigenvalue weighted by molar-refractivity contribution is 5.83. The van der Waals surface area contributed by atoms with Gasteiger partial charge < -0.3 is 10.4 Å². The van der Waals surface area contributed by atoms with E-state index < -0.39 is 23.2 Å². The molecule has 0 amide bonds. The number of hydrogen-bond acceptors (Lipinski definition) is 2. The van der Waals surface area contributed by atoms with Crippen molar-refractivity contribution < 1.29 is 23.1 Å². The number of anilines is 1. The molecule has 116 valence electrons. The SMILES string of the molecule is CC1CCC(Nc2ccccc2C(F)(F)F)(C(=O)O)CC1. The lowest BCUT2D eigenvalue weighted by molar-refractivity contribution is -0.144. The van der Waals surface area contributed by atoms with Crippen molar-refractivity contribution in [3.63, 3.8) is 0 Å². The molecular weight excluding hydrogens is 283 g/mol. The molecule has 1 aromatic carbocycles. The number of para-hydroxylation sites is 1. The molecule has 0 bridgehead atoms. The van der Waals surface area contributed by atoms with Crippen molar-refractivity contribution in [1.82, 2.24) is 0 Å². The molecule has 0 radical (unpaired) electrons. The summed E-state index contributed by atoms with van der Waals surface area (Å²) in [5, 5.41) is 12.2. The topological polar surface area (TPSA) is 49.3 Å². The summed E-state index contributed by atoms with van der Waals surface area (Å²) in [5.74, 6) is -0.691. The average Bonchev–Trinajstić information content (AvgIpc) is 2.41. The second-order valence-electron chi connectivity index (χ2n) is 5.74. The Morgan fingerprint density at radius 3 is 2.38 bits per heavy atom. The number of alkyl halides is 3. The molecular formula is C15H18F3NO2. The van der Waals surface area contributed by atoms with E-state index in [1.165, 1.54) is 18.2 Å². The standard InChI is InChI=1S/C15H18F3NO2/c1-10-6-8-14(9-7-10,13(20)21)19-12-5-3-2-4-11(12)15(16,17)18/h2-5,10,19H,6-9H2,1H3,(H,20,21). The van der Waals surface area contributed by atoms with Gasteiger partial charge in [0.25, 0.3) is 0 Å². The number of halogens is 3. The summed E-state index contributed by atoms with van der Waals surface area (Å²) >= 11 is 0. The van der Waals surface area contributed by atoms with Crippen molar-refractivity contribution >= 4 is 11.7 Å². The maximum absolute atomic E-state index is 13.0. The zero-order chi connectivity index (χ0) is 15.7. The third-order valence-corrected chi connectivity index (χ3v) is 4.14. The minimum Gasteiger partial charge on any atom is -0.480 e. The van der Waals surface area contributed by atoms with E-state index in [2.05, 4.69) is 5.32 Å². The van der Waals surface area contributed by atoms with E-state index >= 15 is 0 Å². The summed E-state index contributed by atoms with van der Waals surface area (Å²) in [6.07, 6.45) is -2.47. The van der Waals surface area contributed by atoms with Gasteiger partial charge >= 0.3 is 12.1 Å². The van der Waals surface area contributed by atoms with Crippen molar-refractivity contribution in [2.24, 2.45) is 5.92 Å². The van der Waals surface area contributed by atoms with E-state index in [4.69, 9.17) is 0 Å². The average molecular weight is 301 g/mol. The van der Waals surface area contributed by atoms with Crippen LogP contribution in [0.2, 0.25) is 0 Å². The Morgan fingerprint density at radius 1 is 1.29 bits per heavy atom. The molecule has 1 aromatic rings. The molecule has 1 aliphatic rings. The van der Waals surface area contributed by atoms with Gasteiger partial charge in [-0.25, -0.2) is 4.79 Å². The maximum Gasteiger partial charge on any atom is 0.418 e. The normalized spacial score (nSPS) is 26.4. The summed E-state index contributed by atoms with van der Waals surface area (Å²) in [4.78, 5) is 11.6. The van der Waals surface area contributed by atoms with Gasteiger partial charge in [-0.3, -0.25) is 0 Å². The first-order chi connectivity index (χ1) is 9.74. The molecule has 0 aliphatic heterocycles. The van der Waals surface area contributed by atoms with E-state index in [-0.39, 0.29) is 5.69 Å². The molecule has 2 rings (SSSR count). The van der Waals surface area contributed by atoms with Crippen LogP contribution in [-0.2, 0) is 11.0 Å².